The zero-order valence-electron chi connectivity index (χ0n) is 17.1. The fourth-order valence-electron chi connectivity index (χ4n) is 5.72. The number of amides is 1. The molecule has 4 rings (SSSR count). The van der Waals surface area contributed by atoms with Gasteiger partial charge < -0.3 is 15.5 Å². The molecule has 1 saturated heterocycles. The summed E-state index contributed by atoms with van der Waals surface area (Å²) in [5, 5.41) is 7.38. The minimum atomic E-state index is 0.0584. The van der Waals surface area contributed by atoms with Gasteiger partial charge in [-0.05, 0) is 50.4 Å². The summed E-state index contributed by atoms with van der Waals surface area (Å²) in [6, 6.07) is 1.78. The van der Waals surface area contributed by atoms with Crippen LogP contribution < -0.4 is 10.6 Å². The Morgan fingerprint density at radius 3 is 2.56 bits per heavy atom. The van der Waals surface area contributed by atoms with Crippen molar-refractivity contribution >= 4 is 11.9 Å². The van der Waals surface area contributed by atoms with Gasteiger partial charge in [0.05, 0.1) is 0 Å². The lowest BCUT2D eigenvalue weighted by molar-refractivity contribution is -0.127. The third kappa shape index (κ3) is 4.58. The van der Waals surface area contributed by atoms with Crippen LogP contribution in [0.15, 0.2) is 4.99 Å². The van der Waals surface area contributed by atoms with Crippen LogP contribution in [0.25, 0.3) is 0 Å². The lowest BCUT2D eigenvalue weighted by atomic mass is 9.95. The summed E-state index contributed by atoms with van der Waals surface area (Å²) in [6.07, 6.45) is 12.1. The molecule has 3 aliphatic carbocycles. The van der Waals surface area contributed by atoms with E-state index in [0.717, 1.165) is 30.4 Å². The Balaban J connectivity index is 1.35. The molecule has 2 N–H and O–H groups in total. The maximum Gasteiger partial charge on any atom is 0.243 e. The molecule has 1 amide bonds. The Kier molecular flexibility index (Phi) is 5.90. The van der Waals surface area contributed by atoms with Gasteiger partial charge in [-0.2, -0.15) is 0 Å². The van der Waals surface area contributed by atoms with E-state index >= 15 is 0 Å². The predicted molar refractivity (Wildman–Crippen MR) is 109 cm³/mol. The van der Waals surface area contributed by atoms with E-state index in [1.54, 1.807) is 19.0 Å². The molecule has 2 bridgehead atoms. The standard InChI is InChI=1S/C21H37N5O/c1-25(2)20(27)13-22-21(24-19-12-15-7-8-16(19)11-15)23-17-9-10-26(14-17)18-5-3-4-6-18/h15-19H,3-14H2,1-2H3,(H2,22,23,24). The molecule has 0 aromatic heterocycles. The maximum absolute atomic E-state index is 12.0. The summed E-state index contributed by atoms with van der Waals surface area (Å²) in [6.45, 7) is 2.53. The van der Waals surface area contributed by atoms with Crippen molar-refractivity contribution in [3.63, 3.8) is 0 Å². The number of guanidine groups is 1. The molecular weight excluding hydrogens is 338 g/mol. The second-order valence-corrected chi connectivity index (χ2v) is 9.44. The lowest BCUT2D eigenvalue weighted by Crippen LogP contribution is -2.50. The fourth-order valence-corrected chi connectivity index (χ4v) is 5.72. The Hall–Kier alpha value is -1.30. The van der Waals surface area contributed by atoms with Gasteiger partial charge in [-0.3, -0.25) is 9.69 Å². The van der Waals surface area contributed by atoms with Crippen molar-refractivity contribution in [2.75, 3.05) is 33.7 Å². The molecule has 4 unspecified atom stereocenters. The minimum absolute atomic E-state index is 0.0584. The van der Waals surface area contributed by atoms with Crippen LogP contribution in [0.4, 0.5) is 0 Å². The number of nitrogens with one attached hydrogen (secondary N) is 2. The van der Waals surface area contributed by atoms with E-state index < -0.39 is 0 Å². The van der Waals surface area contributed by atoms with E-state index in [2.05, 4.69) is 20.5 Å². The molecule has 0 aromatic carbocycles. The lowest BCUT2D eigenvalue weighted by Gasteiger charge is -2.27. The molecule has 4 aliphatic rings. The highest BCUT2D eigenvalue weighted by Gasteiger charge is 2.40. The molecule has 0 aromatic rings. The molecular formula is C21H37N5O. The van der Waals surface area contributed by atoms with Crippen LogP contribution in [-0.2, 0) is 4.79 Å². The molecule has 6 heteroatoms. The van der Waals surface area contributed by atoms with Crippen LogP contribution in [-0.4, -0.2) is 73.5 Å². The number of likely N-dealkylation sites (tertiary alicyclic amines) is 1. The average Bonchev–Trinajstić information content (AvgIpc) is 3.43. The van der Waals surface area contributed by atoms with E-state index in [4.69, 9.17) is 0 Å². The first kappa shape index (κ1) is 19.0. The number of carbonyl (C=O) groups excluding carboxylic acids is 1. The summed E-state index contributed by atoms with van der Waals surface area (Å²) < 4.78 is 0. The first-order valence-electron chi connectivity index (χ1n) is 11.1. The van der Waals surface area contributed by atoms with E-state index in [1.807, 2.05) is 0 Å². The minimum Gasteiger partial charge on any atom is -0.353 e. The Morgan fingerprint density at radius 2 is 1.89 bits per heavy atom. The van der Waals surface area contributed by atoms with E-state index in [1.165, 1.54) is 64.3 Å². The molecule has 152 valence electrons. The van der Waals surface area contributed by atoms with Crippen molar-refractivity contribution in [2.24, 2.45) is 16.8 Å². The van der Waals surface area contributed by atoms with Gasteiger partial charge in [0.25, 0.3) is 0 Å². The summed E-state index contributed by atoms with van der Waals surface area (Å²) in [5.41, 5.74) is 0. The van der Waals surface area contributed by atoms with Gasteiger partial charge in [-0.1, -0.05) is 19.3 Å². The van der Waals surface area contributed by atoms with Gasteiger partial charge in [0, 0.05) is 45.3 Å². The highest BCUT2D eigenvalue weighted by atomic mass is 16.2. The molecule has 4 fully saturated rings. The van der Waals surface area contributed by atoms with Crippen molar-refractivity contribution in [1.82, 2.24) is 20.4 Å². The Bertz CT molecular complexity index is 557. The van der Waals surface area contributed by atoms with Crippen LogP contribution in [0.3, 0.4) is 0 Å². The largest absolute Gasteiger partial charge is 0.353 e. The van der Waals surface area contributed by atoms with Gasteiger partial charge in [-0.15, -0.1) is 0 Å². The first-order chi connectivity index (χ1) is 13.1. The van der Waals surface area contributed by atoms with Crippen LogP contribution in [0, 0.1) is 11.8 Å². The van der Waals surface area contributed by atoms with Gasteiger partial charge in [0.15, 0.2) is 5.96 Å². The van der Waals surface area contributed by atoms with Crippen molar-refractivity contribution in [2.45, 2.75) is 75.9 Å². The maximum atomic E-state index is 12.0. The summed E-state index contributed by atoms with van der Waals surface area (Å²) >= 11 is 0. The molecule has 27 heavy (non-hydrogen) atoms. The zero-order valence-corrected chi connectivity index (χ0v) is 17.1. The number of hydrogen-bond donors (Lipinski definition) is 2. The number of likely N-dealkylation sites (N-methyl/N-ethyl adjacent to an activating group) is 1. The normalized spacial score (nSPS) is 34.4. The van der Waals surface area contributed by atoms with Gasteiger partial charge in [-0.25, -0.2) is 4.99 Å². The predicted octanol–water partition coefficient (Wildman–Crippen LogP) is 1.82. The molecule has 0 spiro atoms. The number of rotatable bonds is 5. The Labute approximate surface area is 164 Å². The molecule has 6 nitrogen and oxygen atoms in total. The van der Waals surface area contributed by atoms with Gasteiger partial charge in [0.2, 0.25) is 5.91 Å². The fraction of sp³-hybridized carbons (Fsp3) is 0.905. The number of nitrogens with zero attached hydrogens (tertiary/aromatic N) is 3. The van der Waals surface area contributed by atoms with Crippen molar-refractivity contribution in [3.05, 3.63) is 0 Å². The first-order valence-corrected chi connectivity index (χ1v) is 11.1. The second kappa shape index (κ2) is 8.38. The molecule has 4 atom stereocenters. The third-order valence-electron chi connectivity index (χ3n) is 7.33. The number of fused-ring (bicyclic) bond motifs is 2. The van der Waals surface area contributed by atoms with Crippen LogP contribution in [0.1, 0.15) is 57.8 Å². The highest BCUT2D eigenvalue weighted by molar-refractivity contribution is 5.85. The summed E-state index contributed by atoms with van der Waals surface area (Å²) in [4.78, 5) is 21.0. The summed E-state index contributed by atoms with van der Waals surface area (Å²) in [5.74, 6) is 2.62. The van der Waals surface area contributed by atoms with E-state index in [0.29, 0.717) is 12.1 Å². The third-order valence-corrected chi connectivity index (χ3v) is 7.33. The van der Waals surface area contributed by atoms with Crippen molar-refractivity contribution < 1.29 is 4.79 Å². The average molecular weight is 376 g/mol. The zero-order chi connectivity index (χ0) is 18.8. The van der Waals surface area contributed by atoms with E-state index in [9.17, 15) is 4.79 Å². The molecule has 3 saturated carbocycles. The molecule has 1 aliphatic heterocycles. The molecule has 1 heterocycles. The second-order valence-electron chi connectivity index (χ2n) is 9.44. The quantitative estimate of drug-likeness (QED) is 0.568. The van der Waals surface area contributed by atoms with Crippen LogP contribution in [0.2, 0.25) is 0 Å². The summed E-state index contributed by atoms with van der Waals surface area (Å²) in [7, 11) is 3.59. The van der Waals surface area contributed by atoms with Crippen LogP contribution in [0.5, 0.6) is 0 Å². The van der Waals surface area contributed by atoms with Gasteiger partial charge in [0.1, 0.15) is 6.54 Å². The van der Waals surface area contributed by atoms with E-state index in [-0.39, 0.29) is 12.5 Å². The SMILES string of the molecule is CN(C)C(=O)CN=C(NC1CCN(C2CCCC2)C1)NC1CC2CCC1C2. The Morgan fingerprint density at radius 1 is 1.07 bits per heavy atom. The van der Waals surface area contributed by atoms with Crippen molar-refractivity contribution in [3.8, 4) is 0 Å². The number of hydrogen-bond acceptors (Lipinski definition) is 3. The van der Waals surface area contributed by atoms with Crippen LogP contribution >= 0.6 is 0 Å². The smallest absolute Gasteiger partial charge is 0.243 e. The molecule has 0 radical (unpaired) electrons. The van der Waals surface area contributed by atoms with Gasteiger partial charge >= 0.3 is 0 Å². The topological polar surface area (TPSA) is 60.0 Å². The monoisotopic (exact) mass is 375 g/mol. The number of aliphatic imine (C=N–C) groups is 1. The van der Waals surface area contributed by atoms with Crippen molar-refractivity contribution in [1.29, 1.82) is 0 Å². The highest BCUT2D eigenvalue weighted by Crippen LogP contribution is 2.44. The number of carbonyl (C=O) groups is 1.